The van der Waals surface area contributed by atoms with E-state index in [1.54, 1.807) is 6.07 Å². The van der Waals surface area contributed by atoms with Gasteiger partial charge < -0.3 is 16.5 Å². The van der Waals surface area contributed by atoms with E-state index in [-0.39, 0.29) is 0 Å². The van der Waals surface area contributed by atoms with Gasteiger partial charge in [0, 0.05) is 10.2 Å². The van der Waals surface area contributed by atoms with Gasteiger partial charge in [0.25, 0.3) is 5.91 Å². The molecule has 16 heavy (non-hydrogen) atoms. The molecule has 1 aromatic heterocycles. The van der Waals surface area contributed by atoms with Crippen molar-refractivity contribution in [2.45, 2.75) is 0 Å². The van der Waals surface area contributed by atoms with E-state index in [2.05, 4.69) is 20.9 Å². The van der Waals surface area contributed by atoms with Gasteiger partial charge in [0.2, 0.25) is 0 Å². The molecule has 0 aliphatic carbocycles. The Morgan fingerprint density at radius 3 is 2.38 bits per heavy atom. The number of carbonyl (C=O) groups is 1. The molecule has 5 N–H and O–H groups in total. The zero-order valence-electron chi connectivity index (χ0n) is 8.33. The molecule has 1 amide bonds. The fourth-order valence-electron chi connectivity index (χ4n) is 1.46. The molecule has 0 atom stereocenters. The lowest BCUT2D eigenvalue weighted by Crippen LogP contribution is -2.11. The number of primary amides is 1. The number of hydrogen-bond acceptors (Lipinski definition) is 2. The molecule has 0 spiro atoms. The van der Waals surface area contributed by atoms with Crippen molar-refractivity contribution in [1.29, 1.82) is 0 Å². The summed E-state index contributed by atoms with van der Waals surface area (Å²) >= 11 is 3.35. The summed E-state index contributed by atoms with van der Waals surface area (Å²) in [6.07, 6.45) is 0. The molecule has 4 nitrogen and oxygen atoms in total. The largest absolute Gasteiger partial charge is 0.385 e. The number of hydrogen-bond donors (Lipinski definition) is 3. The Hall–Kier alpha value is -1.75. The predicted octanol–water partition coefficient (Wildman–Crippen LogP) is 2.13. The molecule has 2 rings (SSSR count). The molecule has 2 aromatic rings. The number of aromatic amines is 1. The molecule has 5 heteroatoms. The van der Waals surface area contributed by atoms with Crippen LogP contribution in [0.15, 0.2) is 34.8 Å². The second-order valence-corrected chi connectivity index (χ2v) is 4.30. The molecule has 0 saturated carbocycles. The first-order valence-corrected chi connectivity index (χ1v) is 5.41. The number of amides is 1. The SMILES string of the molecule is NC(=O)c1cc(-c2ccc(Br)cc2)[nH]c1N. The molecule has 0 radical (unpaired) electrons. The summed E-state index contributed by atoms with van der Waals surface area (Å²) in [5, 5.41) is 0. The fourth-order valence-corrected chi connectivity index (χ4v) is 1.72. The first-order chi connectivity index (χ1) is 7.58. The van der Waals surface area contributed by atoms with Crippen molar-refractivity contribution in [3.05, 3.63) is 40.4 Å². The van der Waals surface area contributed by atoms with Gasteiger partial charge >= 0.3 is 0 Å². The maximum absolute atomic E-state index is 11.0. The topological polar surface area (TPSA) is 84.9 Å². The molecule has 0 fully saturated rings. The zero-order valence-corrected chi connectivity index (χ0v) is 9.91. The molecule has 0 saturated heterocycles. The molecule has 0 bridgehead atoms. The first kappa shape index (κ1) is 10.8. The Morgan fingerprint density at radius 2 is 1.88 bits per heavy atom. The lowest BCUT2D eigenvalue weighted by Gasteiger charge is -1.97. The van der Waals surface area contributed by atoms with Crippen LogP contribution in [-0.2, 0) is 0 Å². The number of nitrogens with two attached hydrogens (primary N) is 2. The molecule has 0 aliphatic rings. The molecule has 0 unspecified atom stereocenters. The minimum Gasteiger partial charge on any atom is -0.385 e. The maximum atomic E-state index is 11.0. The summed E-state index contributed by atoms with van der Waals surface area (Å²) in [5.41, 5.74) is 12.9. The van der Waals surface area contributed by atoms with E-state index in [4.69, 9.17) is 11.5 Å². The van der Waals surface area contributed by atoms with E-state index in [0.29, 0.717) is 11.4 Å². The Kier molecular flexibility index (Phi) is 2.70. The summed E-state index contributed by atoms with van der Waals surface area (Å²) < 4.78 is 0.992. The Bertz CT molecular complexity index is 531. The number of halogens is 1. The van der Waals surface area contributed by atoms with E-state index in [9.17, 15) is 4.79 Å². The van der Waals surface area contributed by atoms with Gasteiger partial charge in [0.15, 0.2) is 0 Å². The number of rotatable bonds is 2. The van der Waals surface area contributed by atoms with Crippen LogP contribution < -0.4 is 11.5 Å². The summed E-state index contributed by atoms with van der Waals surface area (Å²) in [6, 6.07) is 9.31. The summed E-state index contributed by atoms with van der Waals surface area (Å²) in [5.74, 6) is -0.234. The predicted molar refractivity (Wildman–Crippen MR) is 66.9 cm³/mol. The molecule has 1 heterocycles. The van der Waals surface area contributed by atoms with Crippen molar-refractivity contribution in [1.82, 2.24) is 4.98 Å². The Labute approximate surface area is 101 Å². The maximum Gasteiger partial charge on any atom is 0.252 e. The van der Waals surface area contributed by atoms with Gasteiger partial charge in [-0.25, -0.2) is 0 Å². The smallest absolute Gasteiger partial charge is 0.252 e. The minimum atomic E-state index is -0.530. The van der Waals surface area contributed by atoms with Gasteiger partial charge in [0.05, 0.1) is 5.56 Å². The summed E-state index contributed by atoms with van der Waals surface area (Å²) in [4.78, 5) is 14.0. The summed E-state index contributed by atoms with van der Waals surface area (Å²) in [7, 11) is 0. The van der Waals surface area contributed by atoms with Crippen molar-refractivity contribution < 1.29 is 4.79 Å². The van der Waals surface area contributed by atoms with Gasteiger partial charge in [-0.1, -0.05) is 28.1 Å². The van der Waals surface area contributed by atoms with E-state index < -0.39 is 5.91 Å². The Balaban J connectivity index is 2.45. The van der Waals surface area contributed by atoms with Crippen LogP contribution in [0.4, 0.5) is 5.82 Å². The van der Waals surface area contributed by atoms with Crippen molar-refractivity contribution in [2.75, 3.05) is 5.73 Å². The second-order valence-electron chi connectivity index (χ2n) is 3.38. The van der Waals surface area contributed by atoms with Crippen molar-refractivity contribution >= 4 is 27.7 Å². The number of anilines is 1. The molecule has 1 aromatic carbocycles. The monoisotopic (exact) mass is 279 g/mol. The average molecular weight is 280 g/mol. The lowest BCUT2D eigenvalue weighted by atomic mass is 10.1. The third kappa shape index (κ3) is 1.94. The molecular weight excluding hydrogens is 270 g/mol. The third-order valence-corrected chi connectivity index (χ3v) is 2.80. The van der Waals surface area contributed by atoms with Crippen LogP contribution in [0.5, 0.6) is 0 Å². The van der Waals surface area contributed by atoms with Crippen LogP contribution in [0.25, 0.3) is 11.3 Å². The van der Waals surface area contributed by atoms with Crippen LogP contribution >= 0.6 is 15.9 Å². The van der Waals surface area contributed by atoms with Crippen molar-refractivity contribution in [2.24, 2.45) is 5.73 Å². The number of nitrogens with one attached hydrogen (secondary N) is 1. The average Bonchev–Trinajstić information content (AvgIpc) is 2.61. The highest BCUT2D eigenvalue weighted by Crippen LogP contribution is 2.24. The Morgan fingerprint density at radius 1 is 1.25 bits per heavy atom. The van der Waals surface area contributed by atoms with E-state index in [1.165, 1.54) is 0 Å². The number of nitrogen functional groups attached to an aromatic ring is 1. The van der Waals surface area contributed by atoms with E-state index in [0.717, 1.165) is 15.7 Å². The van der Waals surface area contributed by atoms with Gasteiger partial charge in [-0.15, -0.1) is 0 Å². The van der Waals surface area contributed by atoms with E-state index >= 15 is 0 Å². The number of benzene rings is 1. The van der Waals surface area contributed by atoms with Crippen LogP contribution in [0.3, 0.4) is 0 Å². The highest BCUT2D eigenvalue weighted by Gasteiger charge is 2.11. The van der Waals surface area contributed by atoms with Crippen LogP contribution in [0.1, 0.15) is 10.4 Å². The second kappa shape index (κ2) is 4.02. The van der Waals surface area contributed by atoms with E-state index in [1.807, 2.05) is 24.3 Å². The number of H-pyrrole nitrogens is 1. The summed E-state index contributed by atoms with van der Waals surface area (Å²) in [6.45, 7) is 0. The van der Waals surface area contributed by atoms with Gasteiger partial charge in [0.1, 0.15) is 5.82 Å². The molecular formula is C11H10BrN3O. The normalized spacial score (nSPS) is 10.3. The quantitative estimate of drug-likeness (QED) is 0.787. The zero-order chi connectivity index (χ0) is 11.7. The number of carbonyl (C=O) groups excluding carboxylic acids is 1. The van der Waals surface area contributed by atoms with Crippen molar-refractivity contribution in [3.8, 4) is 11.3 Å². The molecule has 0 aliphatic heterocycles. The van der Waals surface area contributed by atoms with Crippen LogP contribution in [0, 0.1) is 0 Å². The van der Waals surface area contributed by atoms with Gasteiger partial charge in [-0.3, -0.25) is 4.79 Å². The number of aromatic nitrogens is 1. The van der Waals surface area contributed by atoms with Crippen molar-refractivity contribution in [3.63, 3.8) is 0 Å². The third-order valence-electron chi connectivity index (χ3n) is 2.27. The lowest BCUT2D eigenvalue weighted by molar-refractivity contribution is 0.100. The van der Waals surface area contributed by atoms with Crippen LogP contribution in [0.2, 0.25) is 0 Å². The highest BCUT2D eigenvalue weighted by atomic mass is 79.9. The highest BCUT2D eigenvalue weighted by molar-refractivity contribution is 9.10. The first-order valence-electron chi connectivity index (χ1n) is 4.62. The van der Waals surface area contributed by atoms with Crippen LogP contribution in [-0.4, -0.2) is 10.9 Å². The van der Waals surface area contributed by atoms with Gasteiger partial charge in [-0.05, 0) is 23.8 Å². The standard InChI is InChI=1S/C11H10BrN3O/c12-7-3-1-6(2-4-7)9-5-8(11(14)16)10(13)15-9/h1-5,15H,13H2,(H2,14,16). The molecule has 82 valence electrons. The fraction of sp³-hybridized carbons (Fsp3) is 0. The minimum absolute atomic E-state index is 0.297. The van der Waals surface area contributed by atoms with Gasteiger partial charge in [-0.2, -0.15) is 0 Å².